The van der Waals surface area contributed by atoms with E-state index < -0.39 is 0 Å². The second kappa shape index (κ2) is 10.2. The molecular formula is C44H31NO. The minimum Gasteiger partial charge on any atom is -0.456 e. The minimum atomic E-state index is -0.117. The Kier molecular flexibility index (Phi) is 5.88. The number of pyridine rings is 1. The summed E-state index contributed by atoms with van der Waals surface area (Å²) in [5.74, 6) is 0. The maximum atomic E-state index is 6.29. The Bertz CT molecular complexity index is 2380. The number of hydrogen-bond donors (Lipinski definition) is 0. The second-order valence-electron chi connectivity index (χ2n) is 12.8. The molecule has 0 amide bonds. The van der Waals surface area contributed by atoms with Gasteiger partial charge in [-0.2, -0.15) is 0 Å². The lowest BCUT2D eigenvalue weighted by Crippen LogP contribution is -2.14. The van der Waals surface area contributed by atoms with Crippen molar-refractivity contribution in [3.05, 3.63) is 163 Å². The predicted octanol–water partition coefficient (Wildman–Crippen LogP) is 12.0. The van der Waals surface area contributed by atoms with Crippen LogP contribution in [-0.2, 0) is 5.41 Å². The molecule has 0 atom stereocenters. The van der Waals surface area contributed by atoms with Crippen LogP contribution in [-0.4, -0.2) is 4.98 Å². The van der Waals surface area contributed by atoms with Gasteiger partial charge in [-0.3, -0.25) is 0 Å². The Hall–Kier alpha value is -5.73. The third-order valence-corrected chi connectivity index (χ3v) is 9.67. The summed E-state index contributed by atoms with van der Waals surface area (Å²) in [6.07, 6.45) is 0. The van der Waals surface area contributed by atoms with E-state index in [1.807, 2.05) is 12.1 Å². The molecule has 0 saturated heterocycles. The monoisotopic (exact) mass is 589 g/mol. The lowest BCUT2D eigenvalue weighted by molar-refractivity contribution is 0.647. The van der Waals surface area contributed by atoms with E-state index in [1.54, 1.807) is 0 Å². The molecule has 46 heavy (non-hydrogen) atoms. The Balaban J connectivity index is 1.17. The van der Waals surface area contributed by atoms with Gasteiger partial charge in [0.1, 0.15) is 11.2 Å². The van der Waals surface area contributed by atoms with Gasteiger partial charge < -0.3 is 4.42 Å². The van der Waals surface area contributed by atoms with E-state index in [-0.39, 0.29) is 5.41 Å². The zero-order chi connectivity index (χ0) is 30.8. The molecule has 9 rings (SSSR count). The minimum absolute atomic E-state index is 0.117. The van der Waals surface area contributed by atoms with E-state index in [0.717, 1.165) is 44.6 Å². The molecule has 2 nitrogen and oxygen atoms in total. The van der Waals surface area contributed by atoms with Crippen molar-refractivity contribution in [1.29, 1.82) is 0 Å². The summed E-state index contributed by atoms with van der Waals surface area (Å²) in [7, 11) is 0. The van der Waals surface area contributed by atoms with Gasteiger partial charge in [0.2, 0.25) is 0 Å². The maximum absolute atomic E-state index is 6.29. The van der Waals surface area contributed by atoms with Crippen LogP contribution in [0.1, 0.15) is 25.0 Å². The van der Waals surface area contributed by atoms with Crippen LogP contribution in [0, 0.1) is 0 Å². The van der Waals surface area contributed by atoms with Crippen molar-refractivity contribution in [2.45, 2.75) is 19.3 Å². The molecule has 8 aromatic rings. The molecule has 2 aromatic heterocycles. The van der Waals surface area contributed by atoms with Crippen molar-refractivity contribution in [3.63, 3.8) is 0 Å². The lowest BCUT2D eigenvalue weighted by Gasteiger charge is -2.21. The van der Waals surface area contributed by atoms with E-state index in [0.29, 0.717) is 0 Å². The SMILES string of the molecule is CC1(C)c2ccc(-c3cccc(-c4cc(-c5ccccc5)cc(-c5ccccc5)n4)c3)cc2-c2cc3c(cc21)oc1ccccc13. The highest BCUT2D eigenvalue weighted by Crippen LogP contribution is 2.51. The number of nitrogens with zero attached hydrogens (tertiary/aromatic N) is 1. The van der Waals surface area contributed by atoms with Gasteiger partial charge in [-0.25, -0.2) is 4.98 Å². The second-order valence-corrected chi connectivity index (χ2v) is 12.8. The van der Waals surface area contributed by atoms with Gasteiger partial charge >= 0.3 is 0 Å². The molecule has 2 heteroatoms. The summed E-state index contributed by atoms with van der Waals surface area (Å²) >= 11 is 0. The lowest BCUT2D eigenvalue weighted by atomic mass is 9.82. The number of aromatic nitrogens is 1. The van der Waals surface area contributed by atoms with E-state index in [9.17, 15) is 0 Å². The zero-order valence-electron chi connectivity index (χ0n) is 25.8. The summed E-state index contributed by atoms with van der Waals surface area (Å²) in [4.78, 5) is 5.18. The Morgan fingerprint density at radius 3 is 1.85 bits per heavy atom. The van der Waals surface area contributed by atoms with Gasteiger partial charge in [-0.15, -0.1) is 0 Å². The van der Waals surface area contributed by atoms with Crippen molar-refractivity contribution >= 4 is 21.9 Å². The average Bonchev–Trinajstić information content (AvgIpc) is 3.59. The Labute approximate surface area is 268 Å². The van der Waals surface area contributed by atoms with Crippen LogP contribution in [0.3, 0.4) is 0 Å². The average molecular weight is 590 g/mol. The van der Waals surface area contributed by atoms with Crippen LogP contribution >= 0.6 is 0 Å². The molecule has 6 aromatic carbocycles. The smallest absolute Gasteiger partial charge is 0.135 e. The molecule has 0 fully saturated rings. The molecule has 218 valence electrons. The van der Waals surface area contributed by atoms with Crippen LogP contribution in [0.2, 0.25) is 0 Å². The van der Waals surface area contributed by atoms with E-state index in [2.05, 4.69) is 153 Å². The quantitative estimate of drug-likeness (QED) is 0.204. The molecule has 2 heterocycles. The number of benzene rings is 6. The molecule has 0 unspecified atom stereocenters. The molecule has 0 radical (unpaired) electrons. The first-order chi connectivity index (χ1) is 22.5. The van der Waals surface area contributed by atoms with Crippen molar-refractivity contribution in [2.24, 2.45) is 0 Å². The first kappa shape index (κ1) is 26.7. The van der Waals surface area contributed by atoms with Crippen LogP contribution in [0.5, 0.6) is 0 Å². The van der Waals surface area contributed by atoms with Crippen LogP contribution < -0.4 is 0 Å². The molecule has 1 aliphatic carbocycles. The van der Waals surface area contributed by atoms with Gasteiger partial charge in [0.15, 0.2) is 0 Å². The topological polar surface area (TPSA) is 26.0 Å². The molecule has 0 spiro atoms. The maximum Gasteiger partial charge on any atom is 0.135 e. The van der Waals surface area contributed by atoms with Gasteiger partial charge in [0.25, 0.3) is 0 Å². The molecular weight excluding hydrogens is 558 g/mol. The zero-order valence-corrected chi connectivity index (χ0v) is 25.8. The summed E-state index contributed by atoms with van der Waals surface area (Å²) in [6, 6.07) is 54.1. The van der Waals surface area contributed by atoms with E-state index in [1.165, 1.54) is 44.3 Å². The Morgan fingerprint density at radius 2 is 1.04 bits per heavy atom. The van der Waals surface area contributed by atoms with Gasteiger partial charge in [0.05, 0.1) is 11.4 Å². The van der Waals surface area contributed by atoms with Crippen molar-refractivity contribution in [3.8, 4) is 55.9 Å². The number of furan rings is 1. The highest BCUT2D eigenvalue weighted by molar-refractivity contribution is 6.08. The fourth-order valence-electron chi connectivity index (χ4n) is 7.24. The van der Waals surface area contributed by atoms with Crippen LogP contribution in [0.4, 0.5) is 0 Å². The fraction of sp³-hybridized carbons (Fsp3) is 0.0682. The van der Waals surface area contributed by atoms with Crippen LogP contribution in [0.15, 0.2) is 156 Å². The highest BCUT2D eigenvalue weighted by atomic mass is 16.3. The molecule has 0 N–H and O–H groups in total. The summed E-state index contributed by atoms with van der Waals surface area (Å²) in [5.41, 5.74) is 15.9. The largest absolute Gasteiger partial charge is 0.456 e. The van der Waals surface area contributed by atoms with Crippen LogP contribution in [0.25, 0.3) is 77.8 Å². The third-order valence-electron chi connectivity index (χ3n) is 9.67. The van der Waals surface area contributed by atoms with Crippen molar-refractivity contribution in [1.82, 2.24) is 4.98 Å². The number of hydrogen-bond acceptors (Lipinski definition) is 2. The number of rotatable bonds is 4. The van der Waals surface area contributed by atoms with Gasteiger partial charge in [-0.05, 0) is 87.0 Å². The standard InChI is InChI=1S/C44H31NO/c1-44(2)38-21-20-31(23-35(38)36-26-37-34-18-9-10-19-42(34)46-43(37)27-39(36)44)30-16-11-17-32(22-30)41-25-33(28-12-5-3-6-13-28)24-40(45-41)29-14-7-4-8-15-29/h3-27H,1-2H3. The predicted molar refractivity (Wildman–Crippen MR) is 191 cm³/mol. The molecule has 0 saturated carbocycles. The van der Waals surface area contributed by atoms with Crippen molar-refractivity contribution < 1.29 is 4.42 Å². The number of para-hydroxylation sites is 1. The van der Waals surface area contributed by atoms with Crippen molar-refractivity contribution in [2.75, 3.05) is 0 Å². The molecule has 0 aliphatic heterocycles. The van der Waals surface area contributed by atoms with E-state index >= 15 is 0 Å². The summed E-state index contributed by atoms with van der Waals surface area (Å²) in [6.45, 7) is 4.64. The highest BCUT2D eigenvalue weighted by Gasteiger charge is 2.36. The van der Waals surface area contributed by atoms with E-state index in [4.69, 9.17) is 9.40 Å². The molecule has 0 bridgehead atoms. The number of fused-ring (bicyclic) bond motifs is 6. The first-order valence-electron chi connectivity index (χ1n) is 15.9. The Morgan fingerprint density at radius 1 is 0.413 bits per heavy atom. The normalized spacial score (nSPS) is 13.2. The fourth-order valence-corrected chi connectivity index (χ4v) is 7.24. The van der Waals surface area contributed by atoms with Gasteiger partial charge in [-0.1, -0.05) is 123 Å². The summed E-state index contributed by atoms with van der Waals surface area (Å²) in [5, 5.41) is 2.33. The van der Waals surface area contributed by atoms with Gasteiger partial charge in [0, 0.05) is 27.3 Å². The first-order valence-corrected chi connectivity index (χ1v) is 15.9. The molecule has 1 aliphatic rings. The summed E-state index contributed by atoms with van der Waals surface area (Å²) < 4.78 is 6.29. The third kappa shape index (κ3) is 4.22.